The number of nitrogens with zero attached hydrogens (tertiary/aromatic N) is 1. The number of allylic oxidation sites excluding steroid dienone is 1. The van der Waals surface area contributed by atoms with E-state index in [4.69, 9.17) is 5.73 Å². The Morgan fingerprint density at radius 1 is 1.33 bits per heavy atom. The zero-order chi connectivity index (χ0) is 11.7. The van der Waals surface area contributed by atoms with Crippen LogP contribution in [0.5, 0.6) is 0 Å². The predicted molar refractivity (Wildman–Crippen MR) is 68.5 cm³/mol. The molecule has 0 bridgehead atoms. The predicted octanol–water partition coefficient (Wildman–Crippen LogP) is 3.75. The Hall–Kier alpha value is -1.31. The van der Waals surface area contributed by atoms with Crippen LogP contribution in [-0.2, 0) is 0 Å². The minimum Gasteiger partial charge on any atom is -0.384 e. The molecule has 0 aliphatic rings. The molecule has 2 N–H and O–H groups in total. The Morgan fingerprint density at radius 2 is 2.00 bits per heavy atom. The average Bonchev–Trinajstić information content (AvgIpc) is 2.20. The zero-order valence-corrected chi connectivity index (χ0v) is 10.2. The van der Waals surface area contributed by atoms with Gasteiger partial charge in [0.25, 0.3) is 0 Å². The molecule has 0 aromatic carbocycles. The van der Waals surface area contributed by atoms with E-state index in [1.54, 1.807) is 6.07 Å². The fourth-order valence-electron chi connectivity index (χ4n) is 1.02. The van der Waals surface area contributed by atoms with E-state index in [0.29, 0.717) is 11.7 Å². The minimum absolute atomic E-state index is 0.576. The summed E-state index contributed by atoms with van der Waals surface area (Å²) in [5.41, 5.74) is 6.48. The molecule has 0 saturated heterocycles. The SMILES string of the molecule is CC.CC(C)C/C=C\c1cccc(N)n1. The number of anilines is 1. The third-order valence-corrected chi connectivity index (χ3v) is 1.69. The molecule has 15 heavy (non-hydrogen) atoms. The molecule has 1 aromatic rings. The summed E-state index contributed by atoms with van der Waals surface area (Å²) >= 11 is 0. The second-order valence-electron chi connectivity index (χ2n) is 3.52. The van der Waals surface area contributed by atoms with Crippen LogP contribution < -0.4 is 5.73 Å². The lowest BCUT2D eigenvalue weighted by atomic mass is 10.1. The fourth-order valence-corrected chi connectivity index (χ4v) is 1.02. The first-order chi connectivity index (χ1) is 7.18. The number of aromatic nitrogens is 1. The van der Waals surface area contributed by atoms with Crippen molar-refractivity contribution in [2.75, 3.05) is 5.73 Å². The van der Waals surface area contributed by atoms with Gasteiger partial charge in [0.05, 0.1) is 5.69 Å². The molecule has 0 aliphatic carbocycles. The van der Waals surface area contributed by atoms with Crippen LogP contribution in [0.2, 0.25) is 0 Å². The van der Waals surface area contributed by atoms with Gasteiger partial charge in [0.2, 0.25) is 0 Å². The number of nitrogens with two attached hydrogens (primary N) is 1. The minimum atomic E-state index is 0.576. The molecular formula is C13H22N2. The fraction of sp³-hybridized carbons (Fsp3) is 0.462. The summed E-state index contributed by atoms with van der Waals surface area (Å²) in [7, 11) is 0. The van der Waals surface area contributed by atoms with Crippen LogP contribution in [0.15, 0.2) is 24.3 Å². The van der Waals surface area contributed by atoms with Crippen molar-refractivity contribution in [1.82, 2.24) is 4.98 Å². The van der Waals surface area contributed by atoms with Crippen LogP contribution in [0.4, 0.5) is 5.82 Å². The van der Waals surface area contributed by atoms with Crippen LogP contribution in [0.3, 0.4) is 0 Å². The van der Waals surface area contributed by atoms with E-state index in [9.17, 15) is 0 Å². The molecule has 2 heteroatoms. The molecule has 0 saturated carbocycles. The van der Waals surface area contributed by atoms with Gasteiger partial charge in [-0.15, -0.1) is 0 Å². The molecule has 0 amide bonds. The van der Waals surface area contributed by atoms with E-state index < -0.39 is 0 Å². The monoisotopic (exact) mass is 206 g/mol. The lowest BCUT2D eigenvalue weighted by molar-refractivity contribution is 0.665. The van der Waals surface area contributed by atoms with Crippen molar-refractivity contribution >= 4 is 11.9 Å². The molecule has 0 atom stereocenters. The second kappa shape index (κ2) is 8.04. The van der Waals surface area contributed by atoms with Gasteiger partial charge in [-0.3, -0.25) is 0 Å². The van der Waals surface area contributed by atoms with Crippen LogP contribution >= 0.6 is 0 Å². The van der Waals surface area contributed by atoms with Gasteiger partial charge in [0.1, 0.15) is 5.82 Å². The summed E-state index contributed by atoms with van der Waals surface area (Å²) in [5, 5.41) is 0. The Bertz CT molecular complexity index is 290. The molecule has 2 nitrogen and oxygen atoms in total. The molecule has 0 spiro atoms. The summed E-state index contributed by atoms with van der Waals surface area (Å²) in [4.78, 5) is 4.16. The van der Waals surface area contributed by atoms with Gasteiger partial charge in [-0.05, 0) is 30.5 Å². The lowest BCUT2D eigenvalue weighted by Gasteiger charge is -1.97. The van der Waals surface area contributed by atoms with Gasteiger partial charge in [-0.25, -0.2) is 4.98 Å². The van der Waals surface area contributed by atoms with E-state index in [2.05, 4.69) is 24.9 Å². The largest absolute Gasteiger partial charge is 0.384 e. The number of pyridine rings is 1. The molecular weight excluding hydrogens is 184 g/mol. The molecule has 1 heterocycles. The van der Waals surface area contributed by atoms with Gasteiger partial charge >= 0.3 is 0 Å². The van der Waals surface area contributed by atoms with Gasteiger partial charge in [0.15, 0.2) is 0 Å². The second-order valence-corrected chi connectivity index (χ2v) is 3.52. The molecule has 0 radical (unpaired) electrons. The molecule has 0 aliphatic heterocycles. The average molecular weight is 206 g/mol. The van der Waals surface area contributed by atoms with Crippen LogP contribution in [0.25, 0.3) is 6.08 Å². The van der Waals surface area contributed by atoms with E-state index in [0.717, 1.165) is 12.1 Å². The van der Waals surface area contributed by atoms with Crippen molar-refractivity contribution in [2.24, 2.45) is 5.92 Å². The van der Waals surface area contributed by atoms with Gasteiger partial charge in [-0.2, -0.15) is 0 Å². The Morgan fingerprint density at radius 3 is 2.53 bits per heavy atom. The lowest BCUT2D eigenvalue weighted by Crippen LogP contribution is -1.90. The van der Waals surface area contributed by atoms with Gasteiger partial charge in [-0.1, -0.05) is 39.8 Å². The Balaban J connectivity index is 0.000000921. The Kier molecular flexibility index (Phi) is 7.33. The van der Waals surface area contributed by atoms with Crippen molar-refractivity contribution in [3.8, 4) is 0 Å². The zero-order valence-electron chi connectivity index (χ0n) is 10.2. The number of hydrogen-bond acceptors (Lipinski definition) is 2. The van der Waals surface area contributed by atoms with Crippen molar-refractivity contribution in [2.45, 2.75) is 34.1 Å². The summed E-state index contributed by atoms with van der Waals surface area (Å²) in [6, 6.07) is 5.66. The smallest absolute Gasteiger partial charge is 0.124 e. The van der Waals surface area contributed by atoms with Crippen LogP contribution in [0, 0.1) is 5.92 Å². The number of rotatable bonds is 3. The highest BCUT2D eigenvalue weighted by Gasteiger charge is 1.90. The third kappa shape index (κ3) is 6.72. The van der Waals surface area contributed by atoms with Gasteiger partial charge in [0, 0.05) is 0 Å². The maximum absolute atomic E-state index is 5.55. The molecule has 84 valence electrons. The quantitative estimate of drug-likeness (QED) is 0.818. The summed E-state index contributed by atoms with van der Waals surface area (Å²) in [6.45, 7) is 8.38. The highest BCUT2D eigenvalue weighted by Crippen LogP contribution is 2.05. The summed E-state index contributed by atoms with van der Waals surface area (Å²) < 4.78 is 0. The van der Waals surface area contributed by atoms with Crippen molar-refractivity contribution in [1.29, 1.82) is 0 Å². The van der Waals surface area contributed by atoms with E-state index in [1.807, 2.05) is 32.1 Å². The topological polar surface area (TPSA) is 38.9 Å². The van der Waals surface area contributed by atoms with Crippen molar-refractivity contribution < 1.29 is 0 Å². The molecule has 1 aromatic heterocycles. The van der Waals surface area contributed by atoms with E-state index in [1.165, 1.54) is 0 Å². The highest BCUT2D eigenvalue weighted by molar-refractivity contribution is 5.47. The van der Waals surface area contributed by atoms with E-state index >= 15 is 0 Å². The van der Waals surface area contributed by atoms with Crippen molar-refractivity contribution in [3.05, 3.63) is 30.0 Å². The van der Waals surface area contributed by atoms with E-state index in [-0.39, 0.29) is 0 Å². The van der Waals surface area contributed by atoms with Crippen LogP contribution in [0.1, 0.15) is 39.8 Å². The maximum Gasteiger partial charge on any atom is 0.124 e. The first kappa shape index (κ1) is 13.7. The molecule has 0 unspecified atom stereocenters. The molecule has 0 fully saturated rings. The Labute approximate surface area is 93.2 Å². The first-order valence-corrected chi connectivity index (χ1v) is 5.57. The standard InChI is InChI=1S/C11H16N2.C2H6/c1-9(2)5-3-6-10-7-4-8-11(12)13-10;1-2/h3-4,6-9H,5H2,1-2H3,(H2,12,13);1-2H3/b6-3-;. The van der Waals surface area contributed by atoms with Gasteiger partial charge < -0.3 is 5.73 Å². The third-order valence-electron chi connectivity index (χ3n) is 1.69. The summed E-state index contributed by atoms with van der Waals surface area (Å²) in [6.07, 6.45) is 5.22. The van der Waals surface area contributed by atoms with Crippen molar-refractivity contribution in [3.63, 3.8) is 0 Å². The number of hydrogen-bond donors (Lipinski definition) is 1. The van der Waals surface area contributed by atoms with Crippen LogP contribution in [-0.4, -0.2) is 4.98 Å². The highest BCUT2D eigenvalue weighted by atomic mass is 14.8. The normalized spacial score (nSPS) is 10.2. The first-order valence-electron chi connectivity index (χ1n) is 5.57. The maximum atomic E-state index is 5.55. The summed E-state index contributed by atoms with van der Waals surface area (Å²) in [5.74, 6) is 1.27. The number of nitrogen functional groups attached to an aromatic ring is 1. The molecule has 1 rings (SSSR count).